The predicted octanol–water partition coefficient (Wildman–Crippen LogP) is 3.12. The summed E-state index contributed by atoms with van der Waals surface area (Å²) in [6, 6.07) is 9.79. The standard InChI is InChI=1S/C17H24N4OS/c1-4-21(3)11-10-18-17(22)19-13(2)16-20-15(12-23-16)14-8-6-5-7-9-14/h5-9,12-13H,4,10-11H2,1-3H3,(H2,18,19,22)/t13-/m1/s1. The van der Waals surface area contributed by atoms with E-state index in [2.05, 4.69) is 27.4 Å². The molecule has 1 heterocycles. The molecule has 0 radical (unpaired) electrons. The van der Waals surface area contributed by atoms with Crippen LogP contribution in [0, 0.1) is 0 Å². The van der Waals surface area contributed by atoms with Gasteiger partial charge in [-0.1, -0.05) is 37.3 Å². The molecule has 5 nitrogen and oxygen atoms in total. The van der Waals surface area contributed by atoms with E-state index in [0.29, 0.717) is 6.54 Å². The summed E-state index contributed by atoms with van der Waals surface area (Å²) in [6.07, 6.45) is 0. The van der Waals surface area contributed by atoms with Crippen LogP contribution >= 0.6 is 11.3 Å². The molecule has 0 fully saturated rings. The van der Waals surface area contributed by atoms with Gasteiger partial charge in [-0.2, -0.15) is 0 Å². The molecule has 0 saturated carbocycles. The molecule has 2 aromatic rings. The van der Waals surface area contributed by atoms with E-state index in [9.17, 15) is 4.79 Å². The number of urea groups is 1. The summed E-state index contributed by atoms with van der Waals surface area (Å²) < 4.78 is 0. The number of rotatable bonds is 7. The van der Waals surface area contributed by atoms with Gasteiger partial charge >= 0.3 is 6.03 Å². The van der Waals surface area contributed by atoms with Gasteiger partial charge in [0.2, 0.25) is 0 Å². The van der Waals surface area contributed by atoms with Crippen molar-refractivity contribution in [3.8, 4) is 11.3 Å². The fourth-order valence-electron chi connectivity index (χ4n) is 2.06. The van der Waals surface area contributed by atoms with Crippen LogP contribution in [-0.2, 0) is 0 Å². The topological polar surface area (TPSA) is 57.3 Å². The van der Waals surface area contributed by atoms with E-state index in [1.807, 2.05) is 49.7 Å². The second kappa shape index (κ2) is 8.64. The summed E-state index contributed by atoms with van der Waals surface area (Å²) in [5.41, 5.74) is 2.04. The molecule has 2 rings (SSSR count). The zero-order chi connectivity index (χ0) is 16.7. The maximum Gasteiger partial charge on any atom is 0.315 e. The molecular weight excluding hydrogens is 308 g/mol. The molecule has 0 bridgehead atoms. The van der Waals surface area contributed by atoms with Gasteiger partial charge in [0.25, 0.3) is 0 Å². The van der Waals surface area contributed by atoms with Crippen molar-refractivity contribution in [2.75, 3.05) is 26.7 Å². The predicted molar refractivity (Wildman–Crippen MR) is 95.7 cm³/mol. The van der Waals surface area contributed by atoms with Gasteiger partial charge in [-0.15, -0.1) is 11.3 Å². The van der Waals surface area contributed by atoms with Crippen LogP contribution in [0.5, 0.6) is 0 Å². The lowest BCUT2D eigenvalue weighted by Gasteiger charge is -2.16. The molecule has 0 unspecified atom stereocenters. The molecular formula is C17H24N4OS. The van der Waals surface area contributed by atoms with Crippen LogP contribution in [0.2, 0.25) is 0 Å². The third-order valence-electron chi connectivity index (χ3n) is 3.63. The van der Waals surface area contributed by atoms with Gasteiger partial charge in [-0.25, -0.2) is 9.78 Å². The Morgan fingerprint density at radius 2 is 2.09 bits per heavy atom. The number of nitrogens with one attached hydrogen (secondary N) is 2. The summed E-state index contributed by atoms with van der Waals surface area (Å²) in [7, 11) is 2.03. The van der Waals surface area contributed by atoms with Crippen LogP contribution in [0.4, 0.5) is 4.79 Å². The quantitative estimate of drug-likeness (QED) is 0.819. The Morgan fingerprint density at radius 1 is 1.35 bits per heavy atom. The Kier molecular flexibility index (Phi) is 6.55. The molecule has 2 N–H and O–H groups in total. The first-order chi connectivity index (χ1) is 11.1. The van der Waals surface area contributed by atoms with Crippen molar-refractivity contribution in [2.45, 2.75) is 19.9 Å². The van der Waals surface area contributed by atoms with E-state index >= 15 is 0 Å². The molecule has 1 aromatic heterocycles. The number of amides is 2. The molecule has 0 saturated heterocycles. The van der Waals surface area contributed by atoms with Gasteiger partial charge < -0.3 is 15.5 Å². The van der Waals surface area contributed by atoms with Crippen molar-refractivity contribution in [1.29, 1.82) is 0 Å². The summed E-state index contributed by atoms with van der Waals surface area (Å²) in [5.74, 6) is 0. The number of likely N-dealkylation sites (N-methyl/N-ethyl adjacent to an activating group) is 1. The summed E-state index contributed by atoms with van der Waals surface area (Å²) in [4.78, 5) is 18.7. The first kappa shape index (κ1) is 17.4. The van der Waals surface area contributed by atoms with Crippen molar-refractivity contribution in [2.24, 2.45) is 0 Å². The molecule has 0 aliphatic carbocycles. The average molecular weight is 332 g/mol. The minimum Gasteiger partial charge on any atom is -0.337 e. The number of hydrogen-bond acceptors (Lipinski definition) is 4. The smallest absolute Gasteiger partial charge is 0.315 e. The molecule has 6 heteroatoms. The molecule has 0 aliphatic rings. The van der Waals surface area contributed by atoms with E-state index < -0.39 is 0 Å². The molecule has 124 valence electrons. The number of benzene rings is 1. The largest absolute Gasteiger partial charge is 0.337 e. The van der Waals surface area contributed by atoms with Gasteiger partial charge in [-0.05, 0) is 20.5 Å². The van der Waals surface area contributed by atoms with Crippen LogP contribution in [0.25, 0.3) is 11.3 Å². The van der Waals surface area contributed by atoms with E-state index in [1.165, 1.54) is 0 Å². The van der Waals surface area contributed by atoms with Gasteiger partial charge in [0.15, 0.2) is 0 Å². The number of nitrogens with zero attached hydrogens (tertiary/aromatic N) is 2. The second-order valence-corrected chi connectivity index (χ2v) is 6.34. The Balaban J connectivity index is 1.85. The summed E-state index contributed by atoms with van der Waals surface area (Å²) in [5, 5.41) is 8.74. The van der Waals surface area contributed by atoms with Crippen molar-refractivity contribution in [3.63, 3.8) is 0 Å². The number of carbonyl (C=O) groups excluding carboxylic acids is 1. The maximum absolute atomic E-state index is 11.9. The number of aromatic nitrogens is 1. The first-order valence-electron chi connectivity index (χ1n) is 7.84. The van der Waals surface area contributed by atoms with Crippen LogP contribution in [-0.4, -0.2) is 42.6 Å². The normalized spacial score (nSPS) is 12.2. The van der Waals surface area contributed by atoms with Crippen molar-refractivity contribution in [3.05, 3.63) is 40.7 Å². The molecule has 2 amide bonds. The molecule has 0 aliphatic heterocycles. The van der Waals surface area contributed by atoms with E-state index in [0.717, 1.165) is 29.4 Å². The monoisotopic (exact) mass is 332 g/mol. The molecule has 1 atom stereocenters. The van der Waals surface area contributed by atoms with Crippen molar-refractivity contribution >= 4 is 17.4 Å². The maximum atomic E-state index is 11.9. The highest BCUT2D eigenvalue weighted by atomic mass is 32.1. The zero-order valence-electron chi connectivity index (χ0n) is 13.9. The fourth-order valence-corrected chi connectivity index (χ4v) is 2.89. The highest BCUT2D eigenvalue weighted by Gasteiger charge is 2.13. The lowest BCUT2D eigenvalue weighted by molar-refractivity contribution is 0.235. The molecule has 1 aromatic carbocycles. The summed E-state index contributed by atoms with van der Waals surface area (Å²) in [6.45, 7) is 6.49. The third-order valence-corrected chi connectivity index (χ3v) is 4.66. The van der Waals surface area contributed by atoms with Crippen LogP contribution < -0.4 is 10.6 Å². The second-order valence-electron chi connectivity index (χ2n) is 5.45. The minimum atomic E-state index is -0.154. The minimum absolute atomic E-state index is 0.110. The SMILES string of the molecule is CCN(C)CCNC(=O)N[C@H](C)c1nc(-c2ccccc2)cs1. The van der Waals surface area contributed by atoms with Crippen LogP contribution in [0.15, 0.2) is 35.7 Å². The Bertz CT molecular complexity index is 614. The van der Waals surface area contributed by atoms with Gasteiger partial charge in [0.1, 0.15) is 5.01 Å². The lowest BCUT2D eigenvalue weighted by atomic mass is 10.2. The van der Waals surface area contributed by atoms with Gasteiger partial charge in [-0.3, -0.25) is 0 Å². The molecule has 0 spiro atoms. The highest BCUT2D eigenvalue weighted by molar-refractivity contribution is 7.10. The Hall–Kier alpha value is -1.92. The van der Waals surface area contributed by atoms with E-state index in [4.69, 9.17) is 0 Å². The average Bonchev–Trinajstić information content (AvgIpc) is 3.05. The lowest BCUT2D eigenvalue weighted by Crippen LogP contribution is -2.40. The Morgan fingerprint density at radius 3 is 2.78 bits per heavy atom. The van der Waals surface area contributed by atoms with E-state index in [1.54, 1.807) is 11.3 Å². The highest BCUT2D eigenvalue weighted by Crippen LogP contribution is 2.25. The number of hydrogen-bond donors (Lipinski definition) is 2. The van der Waals surface area contributed by atoms with Crippen molar-refractivity contribution in [1.82, 2.24) is 20.5 Å². The van der Waals surface area contributed by atoms with E-state index in [-0.39, 0.29) is 12.1 Å². The number of carbonyl (C=O) groups is 1. The van der Waals surface area contributed by atoms with Crippen LogP contribution in [0.3, 0.4) is 0 Å². The zero-order valence-corrected chi connectivity index (χ0v) is 14.7. The molecule has 23 heavy (non-hydrogen) atoms. The summed E-state index contributed by atoms with van der Waals surface area (Å²) >= 11 is 1.56. The first-order valence-corrected chi connectivity index (χ1v) is 8.72. The Labute approximate surface area is 141 Å². The van der Waals surface area contributed by atoms with Crippen LogP contribution in [0.1, 0.15) is 24.9 Å². The van der Waals surface area contributed by atoms with Gasteiger partial charge in [0.05, 0.1) is 11.7 Å². The number of thiazole rings is 1. The third kappa shape index (κ3) is 5.33. The van der Waals surface area contributed by atoms with Gasteiger partial charge in [0, 0.05) is 24.0 Å². The van der Waals surface area contributed by atoms with Crippen molar-refractivity contribution < 1.29 is 4.79 Å². The fraction of sp³-hybridized carbons (Fsp3) is 0.412.